The summed E-state index contributed by atoms with van der Waals surface area (Å²) < 4.78 is 11.1. The number of nitrogens with zero attached hydrogens (tertiary/aromatic N) is 2. The topological polar surface area (TPSA) is 137 Å². The summed E-state index contributed by atoms with van der Waals surface area (Å²) in [5, 5.41) is 6.40. The van der Waals surface area contributed by atoms with E-state index in [1.54, 1.807) is 78.2 Å². The van der Waals surface area contributed by atoms with Crippen molar-refractivity contribution in [3.63, 3.8) is 0 Å². The van der Waals surface area contributed by atoms with E-state index in [-0.39, 0.29) is 23.0 Å². The molecule has 0 unspecified atom stereocenters. The monoisotopic (exact) mass is 646 g/mol. The van der Waals surface area contributed by atoms with E-state index in [0.717, 1.165) is 21.6 Å². The van der Waals surface area contributed by atoms with Gasteiger partial charge >= 0.3 is 11.9 Å². The Kier molecular flexibility index (Phi) is 13.7. The van der Waals surface area contributed by atoms with Crippen molar-refractivity contribution >= 4 is 45.3 Å². The molecular weight excluding hydrogens is 601 g/mol. The molecule has 2 aromatic rings. The van der Waals surface area contributed by atoms with Crippen LogP contribution in [-0.4, -0.2) is 57.0 Å². The van der Waals surface area contributed by atoms with Gasteiger partial charge < -0.3 is 20.1 Å². The fourth-order valence-electron chi connectivity index (χ4n) is 3.93. The van der Waals surface area contributed by atoms with E-state index in [1.165, 1.54) is 0 Å². The van der Waals surface area contributed by atoms with Crippen LogP contribution in [0.3, 0.4) is 0 Å². The Balaban J connectivity index is 2.24. The Hall–Kier alpha value is -3.12. The summed E-state index contributed by atoms with van der Waals surface area (Å²) in [7, 11) is 2.32. The van der Waals surface area contributed by atoms with Gasteiger partial charge in [0.05, 0.1) is 11.1 Å². The normalized spacial score (nSPS) is 13.3. The summed E-state index contributed by atoms with van der Waals surface area (Å²) in [6.45, 7) is 18.5. The number of hydrogen-bond acceptors (Lipinski definition) is 10. The molecule has 2 rings (SSSR count). The molecule has 0 aliphatic heterocycles. The van der Waals surface area contributed by atoms with E-state index < -0.39 is 47.0 Å². The first-order valence-electron chi connectivity index (χ1n) is 14.7. The summed E-state index contributed by atoms with van der Waals surface area (Å²) in [4.78, 5) is 61.2. The number of ether oxygens (including phenoxy) is 2. The largest absolute Gasteiger partial charge is 0.458 e. The Morgan fingerprint density at radius 3 is 1.32 bits per heavy atom. The van der Waals surface area contributed by atoms with Gasteiger partial charge in [0.25, 0.3) is 11.8 Å². The van der Waals surface area contributed by atoms with Gasteiger partial charge in [-0.3, -0.25) is 9.59 Å². The molecule has 2 amide bonds. The Morgan fingerprint density at radius 1 is 0.682 bits per heavy atom. The maximum absolute atomic E-state index is 13.4. The number of carbonyl (C=O) groups excluding carboxylic acids is 4. The Morgan fingerprint density at radius 2 is 1.02 bits per heavy atom. The summed E-state index contributed by atoms with van der Waals surface area (Å²) >= 11 is 0. The lowest BCUT2D eigenvalue weighted by Crippen LogP contribution is -2.45. The first-order chi connectivity index (χ1) is 20.4. The van der Waals surface area contributed by atoms with Crippen LogP contribution in [0.5, 0.6) is 0 Å². The molecule has 0 saturated carbocycles. The summed E-state index contributed by atoms with van der Waals surface area (Å²) in [5.41, 5.74) is -0.855. The zero-order valence-corrected chi connectivity index (χ0v) is 29.0. The van der Waals surface area contributed by atoms with Crippen LogP contribution in [0, 0.1) is 11.8 Å². The SMILES string of the molecule is CC(C)C[C@H](NC(=O)c1cccnc1SSc1ncccc1C(=O)N[C@@H](CC(C)C)C(=O)OC(C)(C)C)C(=O)OC(C)(C)C. The number of pyridine rings is 2. The number of aromatic nitrogens is 2. The molecule has 0 bridgehead atoms. The van der Waals surface area contributed by atoms with Gasteiger partial charge in [-0.25, -0.2) is 19.6 Å². The highest BCUT2D eigenvalue weighted by Crippen LogP contribution is 2.38. The van der Waals surface area contributed by atoms with Crippen LogP contribution in [0.25, 0.3) is 0 Å². The third kappa shape index (κ3) is 12.9. The minimum atomic E-state index is -0.831. The maximum Gasteiger partial charge on any atom is 0.329 e. The van der Waals surface area contributed by atoms with Crippen LogP contribution >= 0.6 is 21.6 Å². The van der Waals surface area contributed by atoms with Crippen molar-refractivity contribution in [1.82, 2.24) is 20.6 Å². The van der Waals surface area contributed by atoms with Gasteiger partial charge in [-0.15, -0.1) is 0 Å². The van der Waals surface area contributed by atoms with Crippen LogP contribution in [0.1, 0.15) is 103 Å². The van der Waals surface area contributed by atoms with Crippen LogP contribution < -0.4 is 10.6 Å². The summed E-state index contributed by atoms with van der Waals surface area (Å²) in [6.07, 6.45) is 3.93. The van der Waals surface area contributed by atoms with Crippen molar-refractivity contribution in [3.05, 3.63) is 47.8 Å². The average Bonchev–Trinajstić information content (AvgIpc) is 2.89. The molecule has 2 heterocycles. The van der Waals surface area contributed by atoms with Crippen molar-refractivity contribution in [3.8, 4) is 0 Å². The smallest absolute Gasteiger partial charge is 0.329 e. The van der Waals surface area contributed by atoms with Crippen molar-refractivity contribution in [2.75, 3.05) is 0 Å². The van der Waals surface area contributed by atoms with Crippen LogP contribution in [0.15, 0.2) is 46.7 Å². The first-order valence-corrected chi connectivity index (χ1v) is 16.8. The highest BCUT2D eigenvalue weighted by molar-refractivity contribution is 8.76. The van der Waals surface area contributed by atoms with Gasteiger partial charge in [-0.2, -0.15) is 0 Å². The van der Waals surface area contributed by atoms with Gasteiger partial charge in [0.2, 0.25) is 0 Å². The minimum absolute atomic E-state index is 0.135. The molecular formula is C32H46N4O6S2. The lowest BCUT2D eigenvalue weighted by Gasteiger charge is -2.25. The van der Waals surface area contributed by atoms with Gasteiger partial charge in [-0.1, -0.05) is 27.7 Å². The fourth-order valence-corrected chi connectivity index (χ4v) is 6.06. The fraction of sp³-hybridized carbons (Fsp3) is 0.562. The van der Waals surface area contributed by atoms with Crippen LogP contribution in [0.4, 0.5) is 0 Å². The standard InChI is InChI=1S/C32H46N4O6S2/c1-19(2)17-23(29(39)41-31(5,6)7)35-25(37)21-13-11-15-33-27(21)43-44-28-22(14-12-16-34-28)26(38)36-24(18-20(3)4)30(40)42-32(8,9)10/h11-16,19-20,23-24H,17-18H2,1-10H3,(H,35,37)(H,36,38)/t23-,24-/m0/s1. The molecule has 0 spiro atoms. The second-order valence-corrected chi connectivity index (χ2v) is 15.4. The molecule has 2 N–H and O–H groups in total. The third-order valence-corrected chi connectivity index (χ3v) is 7.89. The van der Waals surface area contributed by atoms with Crippen molar-refractivity contribution in [1.29, 1.82) is 0 Å². The summed E-state index contributed by atoms with van der Waals surface area (Å²) in [5.74, 6) is -1.67. The molecule has 0 aliphatic rings. The molecule has 0 radical (unpaired) electrons. The molecule has 0 aromatic carbocycles. The highest BCUT2D eigenvalue weighted by Gasteiger charge is 2.30. The van der Waals surface area contributed by atoms with E-state index in [9.17, 15) is 19.2 Å². The van der Waals surface area contributed by atoms with Gasteiger partial charge in [0.15, 0.2) is 0 Å². The van der Waals surface area contributed by atoms with Crippen LogP contribution in [0.2, 0.25) is 0 Å². The van der Waals surface area contributed by atoms with Crippen molar-refractivity contribution in [2.24, 2.45) is 11.8 Å². The number of nitrogens with one attached hydrogen (secondary N) is 2. The third-order valence-electron chi connectivity index (χ3n) is 5.64. The second-order valence-electron chi connectivity index (χ2n) is 13.3. The zero-order valence-electron chi connectivity index (χ0n) is 27.3. The van der Waals surface area contributed by atoms with Crippen molar-refractivity contribution in [2.45, 2.75) is 115 Å². The number of hydrogen-bond donors (Lipinski definition) is 2. The first kappa shape index (κ1) is 37.1. The van der Waals surface area contributed by atoms with E-state index in [4.69, 9.17) is 9.47 Å². The average molecular weight is 647 g/mol. The molecule has 0 fully saturated rings. The maximum atomic E-state index is 13.4. The molecule has 2 aromatic heterocycles. The van der Waals surface area contributed by atoms with E-state index in [2.05, 4.69) is 20.6 Å². The number of amides is 2. The Bertz CT molecular complexity index is 1200. The van der Waals surface area contributed by atoms with Gasteiger partial charge in [0.1, 0.15) is 33.3 Å². The number of esters is 2. The molecule has 2 atom stereocenters. The van der Waals surface area contributed by atoms with Gasteiger partial charge in [-0.05, 0) is 112 Å². The number of rotatable bonds is 13. The predicted octanol–water partition coefficient (Wildman–Crippen LogP) is 6.25. The number of carbonyl (C=O) groups is 4. The highest BCUT2D eigenvalue weighted by atomic mass is 33.1. The van der Waals surface area contributed by atoms with Crippen molar-refractivity contribution < 1.29 is 28.7 Å². The van der Waals surface area contributed by atoms with Gasteiger partial charge in [0, 0.05) is 12.4 Å². The molecule has 0 saturated heterocycles. The minimum Gasteiger partial charge on any atom is -0.458 e. The molecule has 242 valence electrons. The quantitative estimate of drug-likeness (QED) is 0.190. The predicted molar refractivity (Wildman–Crippen MR) is 173 cm³/mol. The lowest BCUT2D eigenvalue weighted by atomic mass is 10.0. The Labute approximate surface area is 269 Å². The lowest BCUT2D eigenvalue weighted by molar-refractivity contribution is -0.158. The molecule has 12 heteroatoms. The summed E-state index contributed by atoms with van der Waals surface area (Å²) in [6, 6.07) is 4.86. The molecule has 44 heavy (non-hydrogen) atoms. The molecule has 0 aliphatic carbocycles. The van der Waals surface area contributed by atoms with E-state index >= 15 is 0 Å². The molecule has 10 nitrogen and oxygen atoms in total. The van der Waals surface area contributed by atoms with E-state index in [1.807, 2.05) is 27.7 Å². The van der Waals surface area contributed by atoms with Crippen LogP contribution in [-0.2, 0) is 19.1 Å². The second kappa shape index (κ2) is 16.3. The van der Waals surface area contributed by atoms with E-state index in [0.29, 0.717) is 22.9 Å². The zero-order chi connectivity index (χ0) is 33.2.